The van der Waals surface area contributed by atoms with Crippen LogP contribution >= 0.6 is 0 Å². The summed E-state index contributed by atoms with van der Waals surface area (Å²) in [5.41, 5.74) is 6.42. The number of nitrogens with zero attached hydrogens (tertiary/aromatic N) is 2. The Bertz CT molecular complexity index is 600. The summed E-state index contributed by atoms with van der Waals surface area (Å²) in [6.07, 6.45) is 7.15. The second-order valence-corrected chi connectivity index (χ2v) is 5.40. The molecule has 0 atom stereocenters. The van der Waals surface area contributed by atoms with Gasteiger partial charge in [-0.05, 0) is 44.2 Å². The molecule has 1 amide bonds. The molecule has 2 aromatic heterocycles. The molecule has 2 aromatic rings. The number of nitrogens with one attached hydrogen (secondary N) is 2. The maximum absolute atomic E-state index is 12.3. The number of amides is 1. The van der Waals surface area contributed by atoms with E-state index in [1.807, 2.05) is 6.07 Å². The number of fused-ring (bicyclic) bond motifs is 1. The topological polar surface area (TPSA) is 96.7 Å². The Morgan fingerprint density at radius 2 is 2.15 bits per heavy atom. The summed E-state index contributed by atoms with van der Waals surface area (Å²) in [5, 5.41) is 3.78. The molecule has 0 bridgehead atoms. The molecule has 0 saturated heterocycles. The number of aromatic nitrogens is 3. The van der Waals surface area contributed by atoms with Gasteiger partial charge in [0, 0.05) is 12.1 Å². The maximum atomic E-state index is 12.3. The molecule has 0 unspecified atom stereocenters. The van der Waals surface area contributed by atoms with Gasteiger partial charge in [0.05, 0.1) is 5.39 Å². The van der Waals surface area contributed by atoms with E-state index in [9.17, 15) is 4.79 Å². The molecule has 0 aromatic carbocycles. The summed E-state index contributed by atoms with van der Waals surface area (Å²) in [7, 11) is 0. The van der Waals surface area contributed by atoms with E-state index in [0.717, 1.165) is 43.3 Å². The summed E-state index contributed by atoms with van der Waals surface area (Å²) in [6, 6.07) is 1.87. The number of nitrogens with two attached hydrogens (primary N) is 1. The highest BCUT2D eigenvalue weighted by molar-refractivity contribution is 5.99. The first-order valence-corrected chi connectivity index (χ1v) is 7.07. The second-order valence-electron chi connectivity index (χ2n) is 5.40. The molecule has 6 heteroatoms. The molecule has 0 aliphatic heterocycles. The Labute approximate surface area is 117 Å². The van der Waals surface area contributed by atoms with Gasteiger partial charge in [-0.2, -0.15) is 0 Å². The van der Waals surface area contributed by atoms with E-state index in [1.54, 1.807) is 6.20 Å². The number of anilines is 1. The first-order chi connectivity index (χ1) is 9.78. The average molecular weight is 273 g/mol. The van der Waals surface area contributed by atoms with E-state index in [2.05, 4.69) is 20.3 Å². The Morgan fingerprint density at radius 1 is 1.35 bits per heavy atom. The van der Waals surface area contributed by atoms with Gasteiger partial charge >= 0.3 is 0 Å². The number of hydrogen-bond donors (Lipinski definition) is 3. The summed E-state index contributed by atoms with van der Waals surface area (Å²) < 4.78 is 0. The monoisotopic (exact) mass is 273 g/mol. The van der Waals surface area contributed by atoms with Crippen molar-refractivity contribution < 1.29 is 4.79 Å². The average Bonchev–Trinajstić information content (AvgIpc) is 2.97. The van der Waals surface area contributed by atoms with Gasteiger partial charge in [0.1, 0.15) is 17.8 Å². The van der Waals surface area contributed by atoms with Crippen molar-refractivity contribution in [3.05, 3.63) is 18.6 Å². The van der Waals surface area contributed by atoms with Crippen LogP contribution in [-0.4, -0.2) is 27.4 Å². The zero-order valence-corrected chi connectivity index (χ0v) is 11.3. The fourth-order valence-electron chi connectivity index (χ4n) is 2.85. The molecule has 0 spiro atoms. The van der Waals surface area contributed by atoms with Gasteiger partial charge in [-0.3, -0.25) is 4.79 Å². The molecule has 1 aliphatic rings. The normalized spacial score (nSPS) is 22.9. The lowest BCUT2D eigenvalue weighted by Crippen LogP contribution is -2.29. The van der Waals surface area contributed by atoms with E-state index < -0.39 is 0 Å². The summed E-state index contributed by atoms with van der Waals surface area (Å²) in [6.45, 7) is 0.726. The van der Waals surface area contributed by atoms with E-state index in [1.165, 1.54) is 6.33 Å². The molecule has 2 heterocycles. The van der Waals surface area contributed by atoms with Crippen LogP contribution in [0.3, 0.4) is 0 Å². The van der Waals surface area contributed by atoms with Gasteiger partial charge in [-0.25, -0.2) is 9.97 Å². The summed E-state index contributed by atoms with van der Waals surface area (Å²) in [4.78, 5) is 23.6. The highest BCUT2D eigenvalue weighted by Gasteiger charge is 2.26. The third-order valence-corrected chi connectivity index (χ3v) is 4.15. The molecule has 20 heavy (non-hydrogen) atoms. The predicted octanol–water partition coefficient (Wildman–Crippen LogP) is 1.66. The largest absolute Gasteiger partial charge is 0.346 e. The standard InChI is InChI=1S/C14H19N5O/c15-7-9-1-3-10(4-2-9)14(20)19-13-11-5-6-16-12(11)17-8-18-13/h5-6,8-10H,1-4,7,15H2,(H2,16,17,18,19,20)/t9-,10-. The van der Waals surface area contributed by atoms with Crippen LogP contribution in [0.25, 0.3) is 11.0 Å². The van der Waals surface area contributed by atoms with E-state index in [-0.39, 0.29) is 11.8 Å². The molecule has 0 radical (unpaired) electrons. The van der Waals surface area contributed by atoms with Crippen molar-refractivity contribution in [3.8, 4) is 0 Å². The van der Waals surface area contributed by atoms with Gasteiger partial charge in [0.25, 0.3) is 0 Å². The highest BCUT2D eigenvalue weighted by atomic mass is 16.1. The predicted molar refractivity (Wildman–Crippen MR) is 77.0 cm³/mol. The molecular formula is C14H19N5O. The molecule has 1 aliphatic carbocycles. The van der Waals surface area contributed by atoms with Crippen molar-refractivity contribution in [2.24, 2.45) is 17.6 Å². The van der Waals surface area contributed by atoms with Crippen LogP contribution in [0.4, 0.5) is 5.82 Å². The number of hydrogen-bond acceptors (Lipinski definition) is 4. The van der Waals surface area contributed by atoms with Gasteiger partial charge < -0.3 is 16.0 Å². The third-order valence-electron chi connectivity index (χ3n) is 4.15. The minimum Gasteiger partial charge on any atom is -0.346 e. The van der Waals surface area contributed by atoms with Crippen molar-refractivity contribution in [3.63, 3.8) is 0 Å². The lowest BCUT2D eigenvalue weighted by molar-refractivity contribution is -0.121. The van der Waals surface area contributed by atoms with E-state index in [0.29, 0.717) is 11.7 Å². The number of carbonyl (C=O) groups excluding carboxylic acids is 1. The number of H-pyrrole nitrogens is 1. The smallest absolute Gasteiger partial charge is 0.228 e. The Morgan fingerprint density at radius 3 is 2.90 bits per heavy atom. The molecule has 106 valence electrons. The van der Waals surface area contributed by atoms with Gasteiger partial charge in [-0.1, -0.05) is 0 Å². The minimum atomic E-state index is 0.0571. The SMILES string of the molecule is NC[C@H]1CC[C@H](C(=O)Nc2ncnc3[nH]ccc23)CC1. The minimum absolute atomic E-state index is 0.0571. The van der Waals surface area contributed by atoms with Gasteiger partial charge in [-0.15, -0.1) is 0 Å². The van der Waals surface area contributed by atoms with Crippen LogP contribution in [0.1, 0.15) is 25.7 Å². The first kappa shape index (κ1) is 13.1. The summed E-state index contributed by atoms with van der Waals surface area (Å²) >= 11 is 0. The Hall–Kier alpha value is -1.95. The molecule has 6 nitrogen and oxygen atoms in total. The van der Waals surface area contributed by atoms with E-state index >= 15 is 0 Å². The molecular weight excluding hydrogens is 254 g/mol. The van der Waals surface area contributed by atoms with Crippen LogP contribution in [0.15, 0.2) is 18.6 Å². The fourth-order valence-corrected chi connectivity index (χ4v) is 2.85. The van der Waals surface area contributed by atoms with Crippen LogP contribution in [0.5, 0.6) is 0 Å². The number of carbonyl (C=O) groups is 1. The Balaban J connectivity index is 1.69. The summed E-state index contributed by atoms with van der Waals surface area (Å²) in [5.74, 6) is 1.29. The fraction of sp³-hybridized carbons (Fsp3) is 0.500. The first-order valence-electron chi connectivity index (χ1n) is 7.07. The lowest BCUT2D eigenvalue weighted by Gasteiger charge is -2.26. The number of aromatic amines is 1. The third kappa shape index (κ3) is 2.51. The highest BCUT2D eigenvalue weighted by Crippen LogP contribution is 2.29. The van der Waals surface area contributed by atoms with Crippen molar-refractivity contribution in [1.29, 1.82) is 0 Å². The van der Waals surface area contributed by atoms with Crippen molar-refractivity contribution >= 4 is 22.8 Å². The lowest BCUT2D eigenvalue weighted by atomic mass is 9.81. The van der Waals surface area contributed by atoms with Crippen LogP contribution < -0.4 is 11.1 Å². The zero-order valence-electron chi connectivity index (χ0n) is 11.3. The van der Waals surface area contributed by atoms with E-state index in [4.69, 9.17) is 5.73 Å². The molecule has 1 fully saturated rings. The molecule has 1 saturated carbocycles. The quantitative estimate of drug-likeness (QED) is 0.792. The number of rotatable bonds is 3. The van der Waals surface area contributed by atoms with Crippen LogP contribution in [0.2, 0.25) is 0 Å². The zero-order chi connectivity index (χ0) is 13.9. The van der Waals surface area contributed by atoms with Crippen LogP contribution in [-0.2, 0) is 4.79 Å². The van der Waals surface area contributed by atoms with Crippen molar-refractivity contribution in [2.45, 2.75) is 25.7 Å². The maximum Gasteiger partial charge on any atom is 0.228 e. The molecule has 4 N–H and O–H groups in total. The van der Waals surface area contributed by atoms with Crippen molar-refractivity contribution in [2.75, 3.05) is 11.9 Å². The Kier molecular flexibility index (Phi) is 3.64. The van der Waals surface area contributed by atoms with Gasteiger partial charge in [0.2, 0.25) is 5.91 Å². The molecule has 3 rings (SSSR count). The second kappa shape index (κ2) is 5.58. The van der Waals surface area contributed by atoms with Crippen molar-refractivity contribution in [1.82, 2.24) is 15.0 Å². The van der Waals surface area contributed by atoms with Gasteiger partial charge in [0.15, 0.2) is 0 Å². The van der Waals surface area contributed by atoms with Crippen LogP contribution in [0, 0.1) is 11.8 Å².